The average Bonchev–Trinajstić information content (AvgIpc) is 3.04. The minimum Gasteiger partial charge on any atom is -0.451 e. The Hall–Kier alpha value is -2.83. The van der Waals surface area contributed by atoms with Gasteiger partial charge in [-0.15, -0.1) is 0 Å². The third-order valence-corrected chi connectivity index (χ3v) is 3.05. The molecule has 21 heavy (non-hydrogen) atoms. The normalized spacial score (nSPS) is 10.9. The number of hydrogen-bond donors (Lipinski definition) is 2. The van der Waals surface area contributed by atoms with Crippen molar-refractivity contribution in [3.05, 3.63) is 42.2 Å². The molecule has 3 aromatic rings. The Bertz CT molecular complexity index is 790. The zero-order chi connectivity index (χ0) is 14.8. The van der Waals surface area contributed by atoms with E-state index in [9.17, 15) is 4.79 Å². The molecule has 0 atom stereocenters. The quantitative estimate of drug-likeness (QED) is 0.700. The molecule has 1 amide bonds. The number of fused-ring (bicyclic) bond motifs is 1. The maximum Gasteiger partial charge on any atom is 0.287 e. The molecule has 0 fully saturated rings. The Balaban J connectivity index is 1.63. The molecule has 0 saturated heterocycles. The molecule has 0 aliphatic rings. The van der Waals surface area contributed by atoms with Gasteiger partial charge in [0.2, 0.25) is 0 Å². The van der Waals surface area contributed by atoms with Gasteiger partial charge in [-0.3, -0.25) is 9.48 Å². The Morgan fingerprint density at radius 1 is 1.43 bits per heavy atom. The highest BCUT2D eigenvalue weighted by atomic mass is 16.3. The summed E-state index contributed by atoms with van der Waals surface area (Å²) in [4.78, 5) is 16.1. The summed E-state index contributed by atoms with van der Waals surface area (Å²) in [6, 6.07) is 6.94. The predicted octanol–water partition coefficient (Wildman–Crippen LogP) is 1.12. The third kappa shape index (κ3) is 2.86. The van der Waals surface area contributed by atoms with E-state index in [2.05, 4.69) is 15.4 Å². The number of anilines is 1. The Labute approximate surface area is 120 Å². The molecule has 0 aliphatic heterocycles. The van der Waals surface area contributed by atoms with Crippen molar-refractivity contribution in [3.63, 3.8) is 0 Å². The van der Waals surface area contributed by atoms with E-state index in [-0.39, 0.29) is 11.7 Å². The van der Waals surface area contributed by atoms with Crippen molar-refractivity contribution in [2.24, 2.45) is 7.05 Å². The number of rotatable bonds is 4. The van der Waals surface area contributed by atoms with Gasteiger partial charge in [0.05, 0.1) is 0 Å². The van der Waals surface area contributed by atoms with Gasteiger partial charge in [-0.25, -0.2) is 4.98 Å². The summed E-state index contributed by atoms with van der Waals surface area (Å²) in [7, 11) is 1.80. The molecule has 1 aromatic carbocycles. The molecule has 0 bridgehead atoms. The highest BCUT2D eigenvalue weighted by Crippen LogP contribution is 2.21. The van der Waals surface area contributed by atoms with Crippen LogP contribution >= 0.6 is 0 Å². The third-order valence-electron chi connectivity index (χ3n) is 3.05. The van der Waals surface area contributed by atoms with Gasteiger partial charge in [-0.1, -0.05) is 0 Å². The van der Waals surface area contributed by atoms with Gasteiger partial charge in [0, 0.05) is 31.1 Å². The summed E-state index contributed by atoms with van der Waals surface area (Å²) in [6.45, 7) is 0.446. The maximum absolute atomic E-state index is 12.0. The number of nitrogens with two attached hydrogens (primary N) is 1. The molecular weight excluding hydrogens is 270 g/mol. The lowest BCUT2D eigenvalue weighted by Crippen LogP contribution is -2.25. The second-order valence-electron chi connectivity index (χ2n) is 4.75. The second kappa shape index (κ2) is 5.28. The fourth-order valence-corrected chi connectivity index (χ4v) is 2.05. The van der Waals surface area contributed by atoms with Crippen molar-refractivity contribution in [2.45, 2.75) is 6.42 Å². The first kappa shape index (κ1) is 13.2. The van der Waals surface area contributed by atoms with E-state index in [4.69, 9.17) is 10.2 Å². The van der Waals surface area contributed by atoms with Crippen molar-refractivity contribution >= 4 is 22.6 Å². The van der Waals surface area contributed by atoms with Crippen LogP contribution in [0.1, 0.15) is 16.4 Å². The molecule has 0 saturated carbocycles. The summed E-state index contributed by atoms with van der Waals surface area (Å²) in [5.74, 6) is 0.695. The van der Waals surface area contributed by atoms with Crippen LogP contribution in [-0.4, -0.2) is 27.2 Å². The van der Waals surface area contributed by atoms with Crippen LogP contribution in [0, 0.1) is 0 Å². The molecule has 0 spiro atoms. The standard InChI is InChI=1S/C14H15N5O2/c1-19-8-17-13(18-19)4-5-16-14(20)12-7-9-6-10(15)2-3-11(9)21-12/h2-3,6-8H,4-5,15H2,1H3,(H,16,20). The number of carbonyl (C=O) groups is 1. The summed E-state index contributed by atoms with van der Waals surface area (Å²) < 4.78 is 7.11. The van der Waals surface area contributed by atoms with E-state index in [1.165, 1.54) is 0 Å². The van der Waals surface area contributed by atoms with Crippen LogP contribution in [-0.2, 0) is 13.5 Å². The number of carbonyl (C=O) groups excluding carboxylic acids is 1. The van der Waals surface area contributed by atoms with Crippen LogP contribution in [0.2, 0.25) is 0 Å². The van der Waals surface area contributed by atoms with Gasteiger partial charge in [-0.05, 0) is 24.3 Å². The average molecular weight is 285 g/mol. The van der Waals surface area contributed by atoms with E-state index in [0.717, 1.165) is 5.39 Å². The number of hydrogen-bond acceptors (Lipinski definition) is 5. The Morgan fingerprint density at radius 2 is 2.29 bits per heavy atom. The van der Waals surface area contributed by atoms with E-state index in [1.807, 2.05) is 0 Å². The van der Waals surface area contributed by atoms with Crippen molar-refractivity contribution in [1.29, 1.82) is 0 Å². The minimum atomic E-state index is -0.263. The first-order valence-electron chi connectivity index (χ1n) is 6.53. The first-order chi connectivity index (χ1) is 10.1. The van der Waals surface area contributed by atoms with E-state index < -0.39 is 0 Å². The molecule has 3 N–H and O–H groups in total. The predicted molar refractivity (Wildman–Crippen MR) is 77.7 cm³/mol. The van der Waals surface area contributed by atoms with Gasteiger partial charge < -0.3 is 15.5 Å². The summed E-state index contributed by atoms with van der Waals surface area (Å²) in [5, 5.41) is 7.73. The minimum absolute atomic E-state index is 0.263. The van der Waals surface area contributed by atoms with Crippen molar-refractivity contribution in [1.82, 2.24) is 20.1 Å². The molecule has 7 heteroatoms. The molecule has 0 radical (unpaired) electrons. The van der Waals surface area contributed by atoms with Crippen LogP contribution < -0.4 is 11.1 Å². The summed E-state index contributed by atoms with van der Waals surface area (Å²) in [6.07, 6.45) is 2.20. The van der Waals surface area contributed by atoms with Crippen LogP contribution in [0.25, 0.3) is 11.0 Å². The molecule has 2 heterocycles. The van der Waals surface area contributed by atoms with Crippen LogP contribution in [0.3, 0.4) is 0 Å². The summed E-state index contributed by atoms with van der Waals surface area (Å²) >= 11 is 0. The van der Waals surface area contributed by atoms with Crippen LogP contribution in [0.5, 0.6) is 0 Å². The number of aromatic nitrogens is 3. The number of aryl methyl sites for hydroxylation is 1. The molecule has 7 nitrogen and oxygen atoms in total. The topological polar surface area (TPSA) is 99.0 Å². The highest BCUT2D eigenvalue weighted by Gasteiger charge is 2.12. The zero-order valence-electron chi connectivity index (χ0n) is 11.5. The summed E-state index contributed by atoms with van der Waals surface area (Å²) in [5.41, 5.74) is 6.97. The lowest BCUT2D eigenvalue weighted by Gasteiger charge is -2.00. The monoisotopic (exact) mass is 285 g/mol. The number of nitrogens with one attached hydrogen (secondary N) is 1. The fourth-order valence-electron chi connectivity index (χ4n) is 2.05. The molecule has 0 unspecified atom stereocenters. The molecule has 3 rings (SSSR count). The smallest absolute Gasteiger partial charge is 0.287 e. The lowest BCUT2D eigenvalue weighted by molar-refractivity contribution is 0.0928. The first-order valence-corrected chi connectivity index (χ1v) is 6.53. The van der Waals surface area contributed by atoms with Gasteiger partial charge in [0.25, 0.3) is 5.91 Å². The lowest BCUT2D eigenvalue weighted by atomic mass is 10.2. The number of benzene rings is 1. The largest absolute Gasteiger partial charge is 0.451 e. The second-order valence-corrected chi connectivity index (χ2v) is 4.75. The Kier molecular flexibility index (Phi) is 3.31. The van der Waals surface area contributed by atoms with Gasteiger partial charge in [-0.2, -0.15) is 5.10 Å². The van der Waals surface area contributed by atoms with E-state index in [0.29, 0.717) is 30.1 Å². The molecule has 0 aliphatic carbocycles. The van der Waals surface area contributed by atoms with Crippen LogP contribution in [0.15, 0.2) is 35.0 Å². The van der Waals surface area contributed by atoms with E-state index in [1.54, 1.807) is 42.3 Å². The Morgan fingerprint density at radius 3 is 3.05 bits per heavy atom. The zero-order valence-corrected chi connectivity index (χ0v) is 11.5. The number of nitrogens with zero attached hydrogens (tertiary/aromatic N) is 3. The highest BCUT2D eigenvalue weighted by molar-refractivity contribution is 5.96. The maximum atomic E-state index is 12.0. The molecule has 108 valence electrons. The molecule has 2 aromatic heterocycles. The van der Waals surface area contributed by atoms with Gasteiger partial charge in [0.15, 0.2) is 11.6 Å². The molecular formula is C14H15N5O2. The van der Waals surface area contributed by atoms with Gasteiger partial charge >= 0.3 is 0 Å². The van der Waals surface area contributed by atoms with Crippen molar-refractivity contribution in [3.8, 4) is 0 Å². The van der Waals surface area contributed by atoms with Gasteiger partial charge in [0.1, 0.15) is 11.9 Å². The SMILES string of the molecule is Cn1cnc(CCNC(=O)c2cc3cc(N)ccc3o2)n1. The number of nitrogen functional groups attached to an aromatic ring is 1. The van der Waals surface area contributed by atoms with Crippen LogP contribution in [0.4, 0.5) is 5.69 Å². The fraction of sp³-hybridized carbons (Fsp3) is 0.214. The van der Waals surface area contributed by atoms with E-state index >= 15 is 0 Å². The van der Waals surface area contributed by atoms with Crippen molar-refractivity contribution < 1.29 is 9.21 Å². The number of furan rings is 1. The van der Waals surface area contributed by atoms with Crippen molar-refractivity contribution in [2.75, 3.05) is 12.3 Å². The number of amides is 1.